The van der Waals surface area contributed by atoms with Crippen LogP contribution in [0.15, 0.2) is 22.7 Å². The highest BCUT2D eigenvalue weighted by Gasteiger charge is 2.12. The fourth-order valence-corrected chi connectivity index (χ4v) is 2.25. The van der Waals surface area contributed by atoms with Gasteiger partial charge in [-0.2, -0.15) is 0 Å². The van der Waals surface area contributed by atoms with Crippen LogP contribution in [0.4, 0.5) is 0 Å². The monoisotopic (exact) mass is 329 g/mol. The second-order valence-electron chi connectivity index (χ2n) is 5.16. The minimum atomic E-state index is 0.0311. The average molecular weight is 330 g/mol. The third kappa shape index (κ3) is 6.41. The first-order valence-corrected chi connectivity index (χ1v) is 7.44. The van der Waals surface area contributed by atoms with E-state index >= 15 is 0 Å². The molecule has 0 bridgehead atoms. The van der Waals surface area contributed by atoms with Crippen molar-refractivity contribution >= 4 is 15.9 Å². The molecular weight excluding hydrogens is 306 g/mol. The summed E-state index contributed by atoms with van der Waals surface area (Å²) in [4.78, 5) is 0. The smallest absolute Gasteiger partial charge is 0.134 e. The fourth-order valence-electron chi connectivity index (χ4n) is 1.78. The van der Waals surface area contributed by atoms with Gasteiger partial charge in [0, 0.05) is 18.1 Å². The molecule has 0 radical (unpaired) electrons. The van der Waals surface area contributed by atoms with Gasteiger partial charge in [-0.15, -0.1) is 0 Å². The van der Waals surface area contributed by atoms with E-state index in [1.54, 1.807) is 7.11 Å². The van der Waals surface area contributed by atoms with E-state index in [1.807, 2.05) is 19.1 Å². The van der Waals surface area contributed by atoms with Gasteiger partial charge in [-0.3, -0.25) is 0 Å². The number of hydrogen-bond donors (Lipinski definition) is 1. The van der Waals surface area contributed by atoms with Gasteiger partial charge in [0.05, 0.1) is 6.61 Å². The molecule has 0 heterocycles. The summed E-state index contributed by atoms with van der Waals surface area (Å²) in [5.74, 6) is 1.55. The molecule has 0 fully saturated rings. The van der Waals surface area contributed by atoms with Crippen LogP contribution in [-0.4, -0.2) is 32.9 Å². The van der Waals surface area contributed by atoms with Crippen molar-refractivity contribution in [1.29, 1.82) is 0 Å². The van der Waals surface area contributed by atoms with E-state index < -0.39 is 0 Å². The first-order chi connectivity index (χ1) is 9.02. The predicted molar refractivity (Wildman–Crippen MR) is 82.9 cm³/mol. The summed E-state index contributed by atoms with van der Waals surface area (Å²) in [6.45, 7) is 8.80. The Labute approximate surface area is 124 Å². The van der Waals surface area contributed by atoms with E-state index in [9.17, 15) is 0 Å². The number of nitrogens with one attached hydrogen (secondary N) is 1. The van der Waals surface area contributed by atoms with E-state index in [1.165, 1.54) is 0 Å². The van der Waals surface area contributed by atoms with Crippen molar-refractivity contribution in [3.8, 4) is 5.75 Å². The lowest BCUT2D eigenvalue weighted by molar-refractivity contribution is 0.0798. The summed E-state index contributed by atoms with van der Waals surface area (Å²) in [6.07, 6.45) is 0.0311. The maximum absolute atomic E-state index is 6.01. The number of benzene rings is 1. The molecule has 1 rings (SSSR count). The molecule has 1 atom stereocenters. The summed E-state index contributed by atoms with van der Waals surface area (Å²) in [7, 11) is 1.70. The Morgan fingerprint density at radius 1 is 1.26 bits per heavy atom. The maximum Gasteiger partial charge on any atom is 0.134 e. The largest absolute Gasteiger partial charge is 0.486 e. The first kappa shape index (κ1) is 16.5. The van der Waals surface area contributed by atoms with E-state index in [2.05, 4.69) is 41.2 Å². The molecular formula is C15H24BrNO2. The zero-order valence-corrected chi connectivity index (χ0v) is 13.8. The molecule has 1 unspecified atom stereocenters. The molecule has 0 saturated carbocycles. The van der Waals surface area contributed by atoms with Crippen molar-refractivity contribution in [2.24, 2.45) is 5.92 Å². The molecule has 0 aromatic heterocycles. The van der Waals surface area contributed by atoms with Crippen molar-refractivity contribution in [3.05, 3.63) is 28.2 Å². The lowest BCUT2D eigenvalue weighted by Crippen LogP contribution is -2.36. The zero-order chi connectivity index (χ0) is 14.3. The minimum Gasteiger partial charge on any atom is -0.486 e. The standard InChI is InChI=1S/C15H24BrNO2/c1-11(2)8-17-9-14(10-18-4)19-15-6-5-13(16)7-12(15)3/h5-7,11,14,17H,8-10H2,1-4H3. The van der Waals surface area contributed by atoms with Crippen molar-refractivity contribution < 1.29 is 9.47 Å². The van der Waals surface area contributed by atoms with Crippen LogP contribution in [0.25, 0.3) is 0 Å². The second-order valence-corrected chi connectivity index (χ2v) is 6.07. The van der Waals surface area contributed by atoms with Crippen LogP contribution in [0.5, 0.6) is 5.75 Å². The van der Waals surface area contributed by atoms with Crippen molar-refractivity contribution in [2.45, 2.75) is 26.9 Å². The van der Waals surface area contributed by atoms with Gasteiger partial charge in [0.1, 0.15) is 11.9 Å². The molecule has 1 N–H and O–H groups in total. The summed E-state index contributed by atoms with van der Waals surface area (Å²) in [6, 6.07) is 6.04. The van der Waals surface area contributed by atoms with Gasteiger partial charge in [0.25, 0.3) is 0 Å². The fraction of sp³-hybridized carbons (Fsp3) is 0.600. The predicted octanol–water partition coefficient (Wildman–Crippen LogP) is 3.40. The molecule has 0 aliphatic rings. The number of hydrogen-bond acceptors (Lipinski definition) is 3. The SMILES string of the molecule is COCC(CNCC(C)C)Oc1ccc(Br)cc1C. The molecule has 0 aliphatic carbocycles. The normalized spacial score (nSPS) is 12.7. The van der Waals surface area contributed by atoms with Crippen LogP contribution < -0.4 is 10.1 Å². The zero-order valence-electron chi connectivity index (χ0n) is 12.2. The molecule has 1 aromatic carbocycles. The highest BCUT2D eigenvalue weighted by atomic mass is 79.9. The Hall–Kier alpha value is -0.580. The summed E-state index contributed by atoms with van der Waals surface area (Å²) in [5.41, 5.74) is 1.12. The third-order valence-corrected chi connectivity index (χ3v) is 3.20. The summed E-state index contributed by atoms with van der Waals surface area (Å²) in [5, 5.41) is 3.41. The summed E-state index contributed by atoms with van der Waals surface area (Å²) < 4.78 is 12.3. The Bertz CT molecular complexity index is 382. The van der Waals surface area contributed by atoms with Crippen molar-refractivity contribution in [1.82, 2.24) is 5.32 Å². The number of halogens is 1. The van der Waals surface area contributed by atoms with Gasteiger partial charge < -0.3 is 14.8 Å². The molecule has 0 spiro atoms. The lowest BCUT2D eigenvalue weighted by Gasteiger charge is -2.21. The van der Waals surface area contributed by atoms with Gasteiger partial charge in [0.15, 0.2) is 0 Å². The summed E-state index contributed by atoms with van der Waals surface area (Å²) >= 11 is 3.46. The van der Waals surface area contributed by atoms with Crippen LogP contribution in [0.2, 0.25) is 0 Å². The second kappa shape index (κ2) is 8.56. The molecule has 3 nitrogen and oxygen atoms in total. The number of rotatable bonds is 8. The van der Waals surface area contributed by atoms with Crippen LogP contribution in [0.1, 0.15) is 19.4 Å². The van der Waals surface area contributed by atoms with Gasteiger partial charge in [0.2, 0.25) is 0 Å². The van der Waals surface area contributed by atoms with Crippen LogP contribution in [0, 0.1) is 12.8 Å². The van der Waals surface area contributed by atoms with Gasteiger partial charge in [-0.25, -0.2) is 0 Å². The van der Waals surface area contributed by atoms with Crippen molar-refractivity contribution in [3.63, 3.8) is 0 Å². The molecule has 0 amide bonds. The van der Waals surface area contributed by atoms with Gasteiger partial charge >= 0.3 is 0 Å². The topological polar surface area (TPSA) is 30.5 Å². The molecule has 0 aliphatic heterocycles. The number of ether oxygens (including phenoxy) is 2. The van der Waals surface area contributed by atoms with E-state index in [-0.39, 0.29) is 6.10 Å². The Balaban J connectivity index is 2.56. The third-order valence-electron chi connectivity index (χ3n) is 2.71. The van der Waals surface area contributed by atoms with Gasteiger partial charge in [-0.1, -0.05) is 29.8 Å². The van der Waals surface area contributed by atoms with Crippen molar-refractivity contribution in [2.75, 3.05) is 26.8 Å². The number of methoxy groups -OCH3 is 1. The minimum absolute atomic E-state index is 0.0311. The maximum atomic E-state index is 6.01. The van der Waals surface area contributed by atoms with E-state index in [0.29, 0.717) is 12.5 Å². The Morgan fingerprint density at radius 2 is 2.00 bits per heavy atom. The average Bonchev–Trinajstić information content (AvgIpc) is 2.32. The quantitative estimate of drug-likeness (QED) is 0.792. The van der Waals surface area contributed by atoms with Crippen LogP contribution >= 0.6 is 15.9 Å². The molecule has 19 heavy (non-hydrogen) atoms. The van der Waals surface area contributed by atoms with Gasteiger partial charge in [-0.05, 0) is 43.1 Å². The Morgan fingerprint density at radius 3 is 2.58 bits per heavy atom. The van der Waals surface area contributed by atoms with Crippen LogP contribution in [-0.2, 0) is 4.74 Å². The molecule has 0 saturated heterocycles. The molecule has 1 aromatic rings. The lowest BCUT2D eigenvalue weighted by atomic mass is 10.2. The number of aryl methyl sites for hydroxylation is 1. The molecule has 4 heteroatoms. The van der Waals surface area contributed by atoms with E-state index in [4.69, 9.17) is 9.47 Å². The highest BCUT2D eigenvalue weighted by Crippen LogP contribution is 2.23. The van der Waals surface area contributed by atoms with Crippen LogP contribution in [0.3, 0.4) is 0 Å². The Kier molecular flexibility index (Phi) is 7.42. The highest BCUT2D eigenvalue weighted by molar-refractivity contribution is 9.10. The first-order valence-electron chi connectivity index (χ1n) is 6.65. The molecule has 108 valence electrons. The van der Waals surface area contributed by atoms with E-state index in [0.717, 1.165) is 28.9 Å².